The quantitative estimate of drug-likeness (QED) is 0.705. The first-order chi connectivity index (χ1) is 13.9. The zero-order valence-electron chi connectivity index (χ0n) is 16.5. The number of nitrogens with zero attached hydrogens (tertiary/aromatic N) is 1. The predicted octanol–water partition coefficient (Wildman–Crippen LogP) is 3.61. The van der Waals surface area contributed by atoms with Crippen LogP contribution in [0.25, 0.3) is 0 Å². The number of benzene rings is 2. The van der Waals surface area contributed by atoms with Crippen LogP contribution in [-0.2, 0) is 21.2 Å². The van der Waals surface area contributed by atoms with Gasteiger partial charge in [-0.1, -0.05) is 48.0 Å². The van der Waals surface area contributed by atoms with Gasteiger partial charge in [0.1, 0.15) is 11.5 Å². The summed E-state index contributed by atoms with van der Waals surface area (Å²) in [5.74, 6) is 0.755. The lowest BCUT2D eigenvalue weighted by atomic mass is 9.65. The van der Waals surface area contributed by atoms with Crippen molar-refractivity contribution >= 4 is 15.8 Å². The second-order valence-electron chi connectivity index (χ2n) is 7.86. The van der Waals surface area contributed by atoms with Crippen LogP contribution < -0.4 is 4.74 Å². The molecule has 0 N–H and O–H groups in total. The average molecular weight is 412 g/mol. The Labute approximate surface area is 172 Å². The topological polar surface area (TPSA) is 63.7 Å². The van der Waals surface area contributed by atoms with Gasteiger partial charge in [-0.25, -0.2) is 8.42 Å². The highest BCUT2D eigenvalue weighted by molar-refractivity contribution is 7.89. The number of carbonyl (C=O) groups is 1. The fourth-order valence-electron chi connectivity index (χ4n) is 4.45. The van der Waals surface area contributed by atoms with Crippen LogP contribution >= 0.6 is 0 Å². The smallest absolute Gasteiger partial charge is 0.243 e. The number of hydrogen-bond acceptors (Lipinski definition) is 4. The van der Waals surface area contributed by atoms with E-state index in [1.807, 2.05) is 24.3 Å². The summed E-state index contributed by atoms with van der Waals surface area (Å²) in [5, 5.41) is 0. The van der Waals surface area contributed by atoms with Crippen molar-refractivity contribution in [3.8, 4) is 5.75 Å². The van der Waals surface area contributed by atoms with E-state index in [-0.39, 0.29) is 16.1 Å². The maximum Gasteiger partial charge on any atom is 0.243 e. The second-order valence-corrected chi connectivity index (χ2v) is 9.80. The molecule has 0 bridgehead atoms. The van der Waals surface area contributed by atoms with Gasteiger partial charge in [0.15, 0.2) is 0 Å². The highest BCUT2D eigenvalue weighted by Crippen LogP contribution is 2.46. The van der Waals surface area contributed by atoms with Crippen molar-refractivity contribution in [2.24, 2.45) is 5.41 Å². The van der Waals surface area contributed by atoms with Crippen LogP contribution in [0, 0.1) is 5.41 Å². The molecule has 2 aromatic carbocycles. The van der Waals surface area contributed by atoms with Crippen molar-refractivity contribution in [1.29, 1.82) is 0 Å². The molecule has 0 amide bonds. The summed E-state index contributed by atoms with van der Waals surface area (Å²) in [6, 6.07) is 16.7. The lowest BCUT2D eigenvalue weighted by Crippen LogP contribution is -2.49. The van der Waals surface area contributed by atoms with Crippen molar-refractivity contribution in [2.45, 2.75) is 30.6 Å². The minimum Gasteiger partial charge on any atom is -0.497 e. The third-order valence-corrected chi connectivity index (χ3v) is 7.84. The van der Waals surface area contributed by atoms with E-state index in [9.17, 15) is 13.2 Å². The van der Waals surface area contributed by atoms with E-state index in [0.29, 0.717) is 38.1 Å². The summed E-state index contributed by atoms with van der Waals surface area (Å²) in [6.45, 7) is 0.680. The number of ether oxygens (including phenoxy) is 1. The summed E-state index contributed by atoms with van der Waals surface area (Å²) in [4.78, 5) is 12.3. The van der Waals surface area contributed by atoms with E-state index in [1.165, 1.54) is 7.11 Å². The summed E-state index contributed by atoms with van der Waals surface area (Å²) >= 11 is 0. The third-order valence-electron chi connectivity index (χ3n) is 6.04. The standard InChI is InChI=1S/C23H25NO4S/c1-28-21-8-5-9-22(15-21)29(26,27)24-13-11-19-14-20(25)10-12-23(19,17-24)16-18-6-3-2-4-7-18/h2-9,11,15H,10,12-14,16-17H2,1H3. The molecule has 0 saturated heterocycles. The van der Waals surface area contributed by atoms with E-state index in [1.54, 1.807) is 28.6 Å². The number of methoxy groups -OCH3 is 1. The molecule has 1 atom stereocenters. The minimum atomic E-state index is -3.67. The Morgan fingerprint density at radius 3 is 2.66 bits per heavy atom. The van der Waals surface area contributed by atoms with Gasteiger partial charge in [0.05, 0.1) is 12.0 Å². The van der Waals surface area contributed by atoms with Crippen LogP contribution in [0.1, 0.15) is 24.8 Å². The molecule has 4 rings (SSSR count). The van der Waals surface area contributed by atoms with E-state index in [0.717, 1.165) is 17.6 Å². The van der Waals surface area contributed by atoms with Crippen molar-refractivity contribution in [3.63, 3.8) is 0 Å². The van der Waals surface area contributed by atoms with Crippen LogP contribution in [0.2, 0.25) is 0 Å². The van der Waals surface area contributed by atoms with Crippen molar-refractivity contribution in [1.82, 2.24) is 4.31 Å². The monoisotopic (exact) mass is 411 g/mol. The highest BCUT2D eigenvalue weighted by Gasteiger charge is 2.45. The van der Waals surface area contributed by atoms with Gasteiger partial charge in [0.25, 0.3) is 0 Å². The Kier molecular flexibility index (Phi) is 5.32. The fourth-order valence-corrected chi connectivity index (χ4v) is 5.95. The maximum atomic E-state index is 13.4. The van der Waals surface area contributed by atoms with Gasteiger partial charge in [-0.3, -0.25) is 4.79 Å². The Bertz CT molecular complexity index is 1050. The Hall–Kier alpha value is -2.44. The normalized spacial score (nSPS) is 22.7. The summed E-state index contributed by atoms with van der Waals surface area (Å²) in [5.41, 5.74) is 1.92. The van der Waals surface area contributed by atoms with Crippen molar-refractivity contribution in [2.75, 3.05) is 20.2 Å². The van der Waals surface area contributed by atoms with Gasteiger partial charge in [0.2, 0.25) is 10.0 Å². The molecule has 1 aliphatic carbocycles. The van der Waals surface area contributed by atoms with Crippen LogP contribution in [0.3, 0.4) is 0 Å². The van der Waals surface area contributed by atoms with Crippen LogP contribution in [0.5, 0.6) is 5.75 Å². The highest BCUT2D eigenvalue weighted by atomic mass is 32.2. The first kappa shape index (κ1) is 19.9. The van der Waals surface area contributed by atoms with Crippen molar-refractivity contribution < 1.29 is 17.9 Å². The van der Waals surface area contributed by atoms with Crippen LogP contribution in [0.15, 0.2) is 71.1 Å². The van der Waals surface area contributed by atoms with Gasteiger partial charge in [-0.05, 0) is 30.5 Å². The summed E-state index contributed by atoms with van der Waals surface area (Å²) in [7, 11) is -2.14. The molecular formula is C23H25NO4S. The SMILES string of the molecule is COc1cccc(S(=O)(=O)N2CC=C3CC(=O)CCC3(Cc3ccccc3)C2)c1. The maximum absolute atomic E-state index is 13.4. The average Bonchev–Trinajstić information content (AvgIpc) is 2.74. The van der Waals surface area contributed by atoms with Gasteiger partial charge in [-0.15, -0.1) is 0 Å². The lowest BCUT2D eigenvalue weighted by molar-refractivity contribution is -0.120. The number of Topliss-reactive ketones (excluding diaryl/α,β-unsaturated/α-hetero) is 1. The predicted molar refractivity (Wildman–Crippen MR) is 111 cm³/mol. The van der Waals surface area contributed by atoms with Gasteiger partial charge >= 0.3 is 0 Å². The molecule has 1 fully saturated rings. The van der Waals surface area contributed by atoms with Crippen LogP contribution in [-0.4, -0.2) is 38.7 Å². The molecule has 0 spiro atoms. The number of ketones is 1. The van der Waals surface area contributed by atoms with E-state index < -0.39 is 10.0 Å². The first-order valence-electron chi connectivity index (χ1n) is 9.82. The molecular weight excluding hydrogens is 386 g/mol. The molecule has 29 heavy (non-hydrogen) atoms. The summed E-state index contributed by atoms with van der Waals surface area (Å²) in [6.07, 6.45) is 4.30. The van der Waals surface area contributed by atoms with E-state index in [4.69, 9.17) is 4.74 Å². The minimum absolute atomic E-state index is 0.232. The molecule has 1 aliphatic heterocycles. The molecule has 6 heteroatoms. The van der Waals surface area contributed by atoms with Crippen LogP contribution in [0.4, 0.5) is 0 Å². The number of sulfonamides is 1. The Morgan fingerprint density at radius 1 is 1.10 bits per heavy atom. The lowest BCUT2D eigenvalue weighted by Gasteiger charge is -2.45. The molecule has 1 heterocycles. The molecule has 2 aromatic rings. The molecule has 1 saturated carbocycles. The van der Waals surface area contributed by atoms with Gasteiger partial charge in [0, 0.05) is 37.4 Å². The molecule has 0 aromatic heterocycles. The second kappa shape index (κ2) is 7.76. The molecule has 1 unspecified atom stereocenters. The number of rotatable bonds is 5. The summed E-state index contributed by atoms with van der Waals surface area (Å²) < 4.78 is 33.5. The number of fused-ring (bicyclic) bond motifs is 1. The Balaban J connectivity index is 1.70. The molecule has 152 valence electrons. The zero-order chi connectivity index (χ0) is 20.5. The molecule has 0 radical (unpaired) electrons. The van der Waals surface area contributed by atoms with E-state index in [2.05, 4.69) is 12.1 Å². The molecule has 5 nitrogen and oxygen atoms in total. The third kappa shape index (κ3) is 3.87. The number of carbonyl (C=O) groups excluding carboxylic acids is 1. The first-order valence-corrected chi connectivity index (χ1v) is 11.3. The van der Waals surface area contributed by atoms with Gasteiger partial charge in [-0.2, -0.15) is 4.31 Å². The van der Waals surface area contributed by atoms with E-state index >= 15 is 0 Å². The van der Waals surface area contributed by atoms with Crippen molar-refractivity contribution in [3.05, 3.63) is 71.8 Å². The zero-order valence-corrected chi connectivity index (χ0v) is 17.3. The van der Waals surface area contributed by atoms with Gasteiger partial charge < -0.3 is 4.74 Å². The fraction of sp³-hybridized carbons (Fsp3) is 0.348. The number of hydrogen-bond donors (Lipinski definition) is 0. The Morgan fingerprint density at radius 2 is 1.90 bits per heavy atom. The largest absolute Gasteiger partial charge is 0.497 e. The molecule has 2 aliphatic rings.